The standard InChI is InChI=1S/C46H42N8O6/c1-51-37-14-8-9-15-41(37)59-25-35(45(51)57)47-44(56)34-24-39-32(19-21-54(39)50-34)31-13-7-6-12-29(31)28-16-17-42-40(22-28)52(2)46(58)36(26-60-42)48-43(55)33-23-38-30(18-20-53(38)49-33)27-10-4-3-5-11-27/h3-17,22-24,30,32,35-36H,18-21,25-26H2,1-2H3,(H,47,56)(H,48,55)/t30-,32?,35+,36+/m1/s1. The number of aryl methyl sites for hydroxylation is 2. The van der Waals surface area contributed by atoms with E-state index in [2.05, 4.69) is 39.0 Å². The number of aromatic nitrogens is 4. The lowest BCUT2D eigenvalue weighted by atomic mass is 9.87. The molecule has 14 heteroatoms. The normalized spacial score (nSPS) is 20.5. The van der Waals surface area contributed by atoms with Crippen LogP contribution in [0.2, 0.25) is 0 Å². The van der Waals surface area contributed by atoms with Gasteiger partial charge in [-0.1, -0.05) is 72.8 Å². The topological polar surface area (TPSA) is 153 Å². The molecule has 4 aromatic carbocycles. The van der Waals surface area contributed by atoms with Crippen LogP contribution in [0.15, 0.2) is 109 Å². The van der Waals surface area contributed by atoms with E-state index in [4.69, 9.17) is 9.47 Å². The number of fused-ring (bicyclic) bond motifs is 4. The Morgan fingerprint density at radius 1 is 0.617 bits per heavy atom. The van der Waals surface area contributed by atoms with Crippen LogP contribution in [0.1, 0.15) is 68.2 Å². The lowest BCUT2D eigenvalue weighted by Crippen LogP contribution is -2.49. The number of hydrogen-bond acceptors (Lipinski definition) is 8. The first-order valence-electron chi connectivity index (χ1n) is 20.2. The highest BCUT2D eigenvalue weighted by molar-refractivity contribution is 6.04. The monoisotopic (exact) mass is 802 g/mol. The van der Waals surface area contributed by atoms with Gasteiger partial charge in [-0.3, -0.25) is 28.5 Å². The van der Waals surface area contributed by atoms with E-state index < -0.39 is 23.9 Å². The minimum atomic E-state index is -0.928. The molecule has 6 heterocycles. The summed E-state index contributed by atoms with van der Waals surface area (Å²) in [7, 11) is 3.36. The van der Waals surface area contributed by atoms with Gasteiger partial charge in [-0.15, -0.1) is 0 Å². The predicted octanol–water partition coefficient (Wildman–Crippen LogP) is 5.13. The van der Waals surface area contributed by atoms with E-state index in [1.54, 1.807) is 32.3 Å². The highest BCUT2D eigenvalue weighted by atomic mass is 16.5. The van der Waals surface area contributed by atoms with Crippen molar-refractivity contribution in [1.29, 1.82) is 0 Å². The molecule has 4 aliphatic rings. The van der Waals surface area contributed by atoms with E-state index in [1.807, 2.05) is 82.2 Å². The first-order valence-corrected chi connectivity index (χ1v) is 20.2. The molecular formula is C46H42N8O6. The highest BCUT2D eigenvalue weighted by Crippen LogP contribution is 2.42. The Labute approximate surface area is 345 Å². The fourth-order valence-electron chi connectivity index (χ4n) is 8.99. The molecule has 0 radical (unpaired) electrons. The summed E-state index contributed by atoms with van der Waals surface area (Å²) in [4.78, 5) is 57.4. The minimum absolute atomic E-state index is 0.000279. The molecule has 0 fully saturated rings. The van der Waals surface area contributed by atoms with Crippen molar-refractivity contribution in [2.75, 3.05) is 37.1 Å². The van der Waals surface area contributed by atoms with E-state index >= 15 is 0 Å². The van der Waals surface area contributed by atoms with Crippen LogP contribution in [0, 0.1) is 0 Å². The summed E-state index contributed by atoms with van der Waals surface area (Å²) in [6.07, 6.45) is 1.69. The van der Waals surface area contributed by atoms with Crippen LogP contribution >= 0.6 is 0 Å². The van der Waals surface area contributed by atoms with E-state index in [0.29, 0.717) is 36.0 Å². The van der Waals surface area contributed by atoms with Gasteiger partial charge in [-0.2, -0.15) is 10.2 Å². The average molecular weight is 803 g/mol. The Morgan fingerprint density at radius 3 is 1.85 bits per heavy atom. The SMILES string of the molecule is CN1C(=O)[C@@H](NC(=O)c2cc3n(n2)CCC3c2ccccc2-c2ccc3c(c2)N(C)C(=O)[C@@H](NC(=O)c2cc4n(n2)CC[C@@H]4c2ccccc2)CO3)COc2ccccc21. The van der Waals surface area contributed by atoms with Crippen LogP contribution in [0.5, 0.6) is 11.5 Å². The van der Waals surface area contributed by atoms with Crippen molar-refractivity contribution >= 4 is 35.0 Å². The molecule has 1 unspecified atom stereocenters. The molecule has 0 spiro atoms. The number of hydrogen-bond donors (Lipinski definition) is 2. The van der Waals surface area contributed by atoms with Gasteiger partial charge < -0.3 is 29.9 Å². The molecule has 0 saturated carbocycles. The Kier molecular flexibility index (Phi) is 9.18. The number of benzene rings is 4. The van der Waals surface area contributed by atoms with Crippen molar-refractivity contribution < 1.29 is 28.7 Å². The lowest BCUT2D eigenvalue weighted by molar-refractivity contribution is -0.121. The van der Waals surface area contributed by atoms with Crippen LogP contribution < -0.4 is 29.9 Å². The predicted molar refractivity (Wildman–Crippen MR) is 222 cm³/mol. The van der Waals surface area contributed by atoms with Crippen molar-refractivity contribution in [2.24, 2.45) is 0 Å². The van der Waals surface area contributed by atoms with E-state index in [9.17, 15) is 19.2 Å². The van der Waals surface area contributed by atoms with Crippen LogP contribution in [0.3, 0.4) is 0 Å². The number of likely N-dealkylation sites (N-methyl/N-ethyl adjacent to an activating group) is 2. The number of carbonyl (C=O) groups excluding carboxylic acids is 4. The third-order valence-corrected chi connectivity index (χ3v) is 12.1. The third-order valence-electron chi connectivity index (χ3n) is 12.1. The molecule has 60 heavy (non-hydrogen) atoms. The van der Waals surface area contributed by atoms with Crippen molar-refractivity contribution in [2.45, 2.75) is 49.9 Å². The van der Waals surface area contributed by atoms with Crippen LogP contribution in [-0.4, -0.2) is 82.6 Å². The number of anilines is 2. The van der Waals surface area contributed by atoms with Gasteiger partial charge in [0.15, 0.2) is 0 Å². The Bertz CT molecular complexity index is 2690. The molecular weight excluding hydrogens is 761 g/mol. The molecule has 302 valence electrons. The minimum Gasteiger partial charge on any atom is -0.489 e. The molecule has 14 nitrogen and oxygen atoms in total. The van der Waals surface area contributed by atoms with Crippen molar-refractivity contribution in [3.8, 4) is 22.6 Å². The molecule has 4 amide bonds. The zero-order valence-corrected chi connectivity index (χ0v) is 33.1. The van der Waals surface area contributed by atoms with Gasteiger partial charge >= 0.3 is 0 Å². The number of amides is 4. The first-order chi connectivity index (χ1) is 29.2. The lowest BCUT2D eigenvalue weighted by Gasteiger charge is -2.21. The van der Waals surface area contributed by atoms with Gasteiger partial charge in [0, 0.05) is 50.4 Å². The largest absolute Gasteiger partial charge is 0.489 e. The summed E-state index contributed by atoms with van der Waals surface area (Å²) in [6.45, 7) is 1.29. The van der Waals surface area contributed by atoms with E-state index in [-0.39, 0.29) is 48.3 Å². The van der Waals surface area contributed by atoms with Gasteiger partial charge in [0.2, 0.25) is 0 Å². The summed E-state index contributed by atoms with van der Waals surface area (Å²) in [5.74, 6) is -0.277. The van der Waals surface area contributed by atoms with Gasteiger partial charge in [0.05, 0.1) is 11.4 Å². The fourth-order valence-corrected chi connectivity index (χ4v) is 8.99. The van der Waals surface area contributed by atoms with E-state index in [0.717, 1.165) is 40.9 Å². The Hall–Kier alpha value is -7.22. The molecule has 4 atom stereocenters. The number of nitrogens with one attached hydrogen (secondary N) is 2. The average Bonchev–Trinajstić information content (AvgIpc) is 4.06. The summed E-state index contributed by atoms with van der Waals surface area (Å²) >= 11 is 0. The van der Waals surface area contributed by atoms with Crippen molar-refractivity contribution in [1.82, 2.24) is 30.2 Å². The van der Waals surface area contributed by atoms with Crippen LogP contribution in [-0.2, 0) is 22.7 Å². The number of ether oxygens (including phenoxy) is 2. The second-order valence-electron chi connectivity index (χ2n) is 15.7. The zero-order valence-electron chi connectivity index (χ0n) is 33.1. The fraction of sp³-hybridized carbons (Fsp3) is 0.261. The van der Waals surface area contributed by atoms with E-state index in [1.165, 1.54) is 15.4 Å². The van der Waals surface area contributed by atoms with Crippen molar-refractivity contribution in [3.05, 3.63) is 143 Å². The Morgan fingerprint density at radius 2 is 1.17 bits per heavy atom. The van der Waals surface area contributed by atoms with Crippen LogP contribution in [0.25, 0.3) is 11.1 Å². The maximum absolute atomic E-state index is 13.9. The third kappa shape index (κ3) is 6.44. The summed E-state index contributed by atoms with van der Waals surface area (Å²) in [5, 5.41) is 15.0. The van der Waals surface area contributed by atoms with Gasteiger partial charge in [0.1, 0.15) is 48.2 Å². The quantitative estimate of drug-likeness (QED) is 0.226. The van der Waals surface area contributed by atoms with Crippen LogP contribution in [0.4, 0.5) is 11.4 Å². The summed E-state index contributed by atoms with van der Waals surface area (Å²) < 4.78 is 15.8. The number of rotatable bonds is 7. The van der Waals surface area contributed by atoms with Gasteiger partial charge in [-0.25, -0.2) is 0 Å². The highest BCUT2D eigenvalue weighted by Gasteiger charge is 2.36. The number of nitrogens with zero attached hydrogens (tertiary/aromatic N) is 6. The smallest absolute Gasteiger partial charge is 0.272 e. The maximum Gasteiger partial charge on any atom is 0.272 e. The Balaban J connectivity index is 0.847. The maximum atomic E-state index is 13.9. The molecule has 2 N–H and O–H groups in total. The van der Waals surface area contributed by atoms with Gasteiger partial charge in [0.25, 0.3) is 23.6 Å². The van der Waals surface area contributed by atoms with Crippen molar-refractivity contribution in [3.63, 3.8) is 0 Å². The molecule has 10 rings (SSSR count). The molecule has 0 bridgehead atoms. The van der Waals surface area contributed by atoms with Gasteiger partial charge in [-0.05, 0) is 71.5 Å². The summed E-state index contributed by atoms with van der Waals surface area (Å²) in [5.41, 5.74) is 7.66. The molecule has 6 aromatic rings. The molecule has 0 saturated heterocycles. The second-order valence-corrected chi connectivity index (χ2v) is 15.7. The molecule has 0 aliphatic carbocycles. The number of carbonyl (C=O) groups is 4. The molecule has 4 aliphatic heterocycles. The summed E-state index contributed by atoms with van der Waals surface area (Å²) in [6, 6.07) is 33.1. The molecule has 2 aromatic heterocycles. The second kappa shape index (κ2) is 14.9. The zero-order chi connectivity index (χ0) is 41.1. The number of para-hydroxylation sites is 2. The first kappa shape index (κ1) is 37.1.